The van der Waals surface area contributed by atoms with E-state index in [1.165, 1.54) is 43.9 Å². The quantitative estimate of drug-likeness (QED) is 0.433. The monoisotopic (exact) mass is 394 g/mol. The highest BCUT2D eigenvalue weighted by Gasteiger charge is 2.19. The third-order valence-corrected chi connectivity index (χ3v) is 5.59. The summed E-state index contributed by atoms with van der Waals surface area (Å²) < 4.78 is 2.09. The van der Waals surface area contributed by atoms with Gasteiger partial charge in [-0.1, -0.05) is 62.4 Å². The number of halogens is 1. The topological polar surface area (TPSA) is 73.8 Å². The van der Waals surface area contributed by atoms with E-state index in [9.17, 15) is 4.79 Å². The number of carbonyl (C=O) groups is 1. The van der Waals surface area contributed by atoms with E-state index in [1.54, 1.807) is 6.92 Å². The lowest BCUT2D eigenvalue weighted by Crippen LogP contribution is -2.23. The second-order valence-corrected chi connectivity index (χ2v) is 8.14. The number of nitrogens with two attached hydrogens (primary N) is 1. The molecule has 1 aromatic carbocycles. The molecule has 0 aliphatic heterocycles. The minimum absolute atomic E-state index is 0.347. The van der Waals surface area contributed by atoms with Crippen LogP contribution in [-0.4, -0.2) is 25.9 Å². The van der Waals surface area contributed by atoms with Gasteiger partial charge >= 0.3 is 0 Å². The first-order chi connectivity index (χ1) is 12.5. The Kier molecular flexibility index (Phi) is 8.45. The summed E-state index contributed by atoms with van der Waals surface area (Å²) in [5, 5.41) is 9.73. The van der Waals surface area contributed by atoms with Crippen molar-refractivity contribution in [2.75, 3.05) is 0 Å². The molecule has 1 heterocycles. The molecule has 1 aromatic heterocycles. The largest absolute Gasteiger partial charge is 0.369 e. The van der Waals surface area contributed by atoms with Gasteiger partial charge in [0.05, 0.1) is 5.25 Å². The van der Waals surface area contributed by atoms with Gasteiger partial charge in [-0.15, -0.1) is 10.2 Å². The van der Waals surface area contributed by atoms with Crippen LogP contribution in [0.15, 0.2) is 29.4 Å². The number of primary amides is 1. The summed E-state index contributed by atoms with van der Waals surface area (Å²) in [6.07, 6.45) is 7.29. The Hall–Kier alpha value is -1.53. The number of hydrogen-bond acceptors (Lipinski definition) is 4. The Labute approximate surface area is 164 Å². The van der Waals surface area contributed by atoms with Crippen LogP contribution in [0.5, 0.6) is 0 Å². The van der Waals surface area contributed by atoms with Gasteiger partial charge in [-0.3, -0.25) is 4.79 Å². The van der Waals surface area contributed by atoms with Crippen molar-refractivity contribution in [3.05, 3.63) is 29.3 Å². The maximum absolute atomic E-state index is 11.4. The summed E-state index contributed by atoms with van der Waals surface area (Å²) in [4.78, 5) is 11.4. The van der Waals surface area contributed by atoms with E-state index in [1.807, 2.05) is 24.3 Å². The van der Waals surface area contributed by atoms with Crippen molar-refractivity contribution in [3.63, 3.8) is 0 Å². The van der Waals surface area contributed by atoms with Crippen molar-refractivity contribution in [1.29, 1.82) is 0 Å². The molecule has 0 bridgehead atoms. The minimum Gasteiger partial charge on any atom is -0.369 e. The van der Waals surface area contributed by atoms with Gasteiger partial charge in [0.15, 0.2) is 11.0 Å². The first kappa shape index (κ1) is 20.8. The smallest absolute Gasteiger partial charge is 0.230 e. The fraction of sp³-hybridized carbons (Fsp3) is 0.526. The van der Waals surface area contributed by atoms with Gasteiger partial charge in [-0.05, 0) is 37.6 Å². The lowest BCUT2D eigenvalue weighted by molar-refractivity contribution is -0.117. The Morgan fingerprint density at radius 1 is 1.15 bits per heavy atom. The van der Waals surface area contributed by atoms with Crippen LogP contribution in [-0.2, 0) is 11.3 Å². The summed E-state index contributed by atoms with van der Waals surface area (Å²) in [6, 6.07) is 7.57. The molecule has 0 aliphatic carbocycles. The molecule has 5 nitrogen and oxygen atoms in total. The second kappa shape index (κ2) is 10.6. The number of nitrogens with zero attached hydrogens (tertiary/aromatic N) is 3. The number of aromatic nitrogens is 3. The normalized spacial score (nSPS) is 12.3. The maximum Gasteiger partial charge on any atom is 0.230 e. The molecule has 7 heteroatoms. The molecule has 2 N–H and O–H groups in total. The third kappa shape index (κ3) is 6.02. The molecule has 1 unspecified atom stereocenters. The van der Waals surface area contributed by atoms with E-state index < -0.39 is 0 Å². The lowest BCUT2D eigenvalue weighted by Gasteiger charge is -2.12. The summed E-state index contributed by atoms with van der Waals surface area (Å²) in [5.74, 6) is 0.451. The van der Waals surface area contributed by atoms with Crippen LogP contribution in [0.25, 0.3) is 11.4 Å². The fourth-order valence-corrected chi connectivity index (χ4v) is 3.61. The first-order valence-electron chi connectivity index (χ1n) is 9.18. The Balaban J connectivity index is 2.14. The average Bonchev–Trinajstić information content (AvgIpc) is 3.01. The first-order valence-corrected chi connectivity index (χ1v) is 10.4. The minimum atomic E-state index is -0.350. The van der Waals surface area contributed by atoms with Gasteiger partial charge in [0.2, 0.25) is 5.91 Å². The second-order valence-electron chi connectivity index (χ2n) is 6.39. The van der Waals surface area contributed by atoms with Crippen molar-refractivity contribution >= 4 is 29.3 Å². The average molecular weight is 395 g/mol. The van der Waals surface area contributed by atoms with Crippen molar-refractivity contribution in [3.8, 4) is 11.4 Å². The number of benzene rings is 1. The van der Waals surface area contributed by atoms with Crippen molar-refractivity contribution in [2.24, 2.45) is 5.73 Å². The number of rotatable bonds is 11. The molecule has 0 fully saturated rings. The molecule has 142 valence electrons. The third-order valence-electron chi connectivity index (χ3n) is 4.24. The number of carbonyl (C=O) groups excluding carboxylic acids is 1. The van der Waals surface area contributed by atoms with Crippen molar-refractivity contribution in [1.82, 2.24) is 14.8 Å². The molecule has 1 amide bonds. The molecule has 0 radical (unpaired) electrons. The van der Waals surface area contributed by atoms with Gasteiger partial charge in [0, 0.05) is 17.1 Å². The van der Waals surface area contributed by atoms with Crippen molar-refractivity contribution in [2.45, 2.75) is 69.3 Å². The number of unbranched alkanes of at least 4 members (excludes halogenated alkanes) is 5. The molecule has 1 atom stereocenters. The number of thioether (sulfide) groups is 1. The van der Waals surface area contributed by atoms with E-state index in [0.29, 0.717) is 5.02 Å². The molecular weight excluding hydrogens is 368 g/mol. The Morgan fingerprint density at radius 2 is 1.81 bits per heavy atom. The fourth-order valence-electron chi connectivity index (χ4n) is 2.66. The summed E-state index contributed by atoms with van der Waals surface area (Å²) >= 11 is 7.35. The van der Waals surface area contributed by atoms with E-state index in [-0.39, 0.29) is 11.2 Å². The van der Waals surface area contributed by atoms with Crippen LogP contribution in [0.3, 0.4) is 0 Å². The Bertz CT molecular complexity index is 702. The molecule has 0 saturated heterocycles. The molecule has 2 rings (SSSR count). The van der Waals surface area contributed by atoms with Crippen LogP contribution >= 0.6 is 23.4 Å². The zero-order valence-electron chi connectivity index (χ0n) is 15.4. The predicted octanol–water partition coefficient (Wildman–Crippen LogP) is 4.92. The van der Waals surface area contributed by atoms with E-state index in [4.69, 9.17) is 17.3 Å². The molecule has 0 aliphatic rings. The highest BCUT2D eigenvalue weighted by Crippen LogP contribution is 2.28. The highest BCUT2D eigenvalue weighted by molar-refractivity contribution is 8.00. The Morgan fingerprint density at radius 3 is 2.46 bits per heavy atom. The zero-order chi connectivity index (χ0) is 18.9. The van der Waals surface area contributed by atoms with Crippen molar-refractivity contribution < 1.29 is 4.79 Å². The molecule has 0 spiro atoms. The number of amides is 1. The van der Waals surface area contributed by atoms with Gasteiger partial charge in [-0.25, -0.2) is 0 Å². The zero-order valence-corrected chi connectivity index (χ0v) is 17.0. The molecule has 2 aromatic rings. The van der Waals surface area contributed by atoms with Crippen LogP contribution in [0.2, 0.25) is 5.02 Å². The van der Waals surface area contributed by atoms with Gasteiger partial charge in [0.25, 0.3) is 0 Å². The highest BCUT2D eigenvalue weighted by atomic mass is 35.5. The van der Waals surface area contributed by atoms with E-state index >= 15 is 0 Å². The van der Waals surface area contributed by atoms with Gasteiger partial charge in [-0.2, -0.15) is 0 Å². The van der Waals surface area contributed by atoms with Gasteiger partial charge in [0.1, 0.15) is 0 Å². The summed E-state index contributed by atoms with van der Waals surface area (Å²) in [5.41, 5.74) is 6.37. The maximum atomic E-state index is 11.4. The molecular formula is C19H27ClN4OS. The standard InChI is InChI=1S/C19H27ClN4OS/c1-3-4-5-6-7-8-13-24-18(15-9-11-16(20)12-10-15)22-23-19(24)26-14(2)17(21)25/h9-12,14H,3-8,13H2,1-2H3,(H2,21,25). The van der Waals surface area contributed by atoms with Crippen LogP contribution in [0.1, 0.15) is 52.4 Å². The van der Waals surface area contributed by atoms with Crippen LogP contribution < -0.4 is 5.73 Å². The summed E-state index contributed by atoms with van der Waals surface area (Å²) in [6.45, 7) is 4.84. The molecule has 0 saturated carbocycles. The van der Waals surface area contributed by atoms with Crippen LogP contribution in [0, 0.1) is 0 Å². The lowest BCUT2D eigenvalue weighted by atomic mass is 10.1. The predicted molar refractivity (Wildman–Crippen MR) is 108 cm³/mol. The van der Waals surface area contributed by atoms with Crippen LogP contribution in [0.4, 0.5) is 0 Å². The van der Waals surface area contributed by atoms with E-state index in [0.717, 1.165) is 29.5 Å². The summed E-state index contributed by atoms with van der Waals surface area (Å²) in [7, 11) is 0. The molecule has 26 heavy (non-hydrogen) atoms. The number of hydrogen-bond donors (Lipinski definition) is 1. The SMILES string of the molecule is CCCCCCCCn1c(SC(C)C(N)=O)nnc1-c1ccc(Cl)cc1. The van der Waals surface area contributed by atoms with Gasteiger partial charge < -0.3 is 10.3 Å². The van der Waals surface area contributed by atoms with E-state index in [2.05, 4.69) is 21.7 Å².